The van der Waals surface area contributed by atoms with E-state index in [4.69, 9.17) is 17.3 Å². The molecule has 0 aliphatic heterocycles. The second-order valence-electron chi connectivity index (χ2n) is 5.50. The average molecular weight is 354 g/mol. The largest absolute Gasteiger partial charge is 0.397 e. The van der Waals surface area contributed by atoms with Crippen LogP contribution in [0.3, 0.4) is 0 Å². The van der Waals surface area contributed by atoms with Crippen LogP contribution in [0.1, 0.15) is 25.1 Å². The number of hydrogen-bond donors (Lipinski definition) is 1. The van der Waals surface area contributed by atoms with Crippen LogP contribution in [-0.4, -0.2) is 21.8 Å². The van der Waals surface area contributed by atoms with E-state index in [1.54, 1.807) is 18.3 Å². The van der Waals surface area contributed by atoms with E-state index < -0.39 is 0 Å². The molecule has 1 heterocycles. The summed E-state index contributed by atoms with van der Waals surface area (Å²) in [5.74, 6) is 0.0345. The first-order chi connectivity index (χ1) is 10.5. The number of benzene rings is 1. The monoisotopic (exact) mass is 353 g/mol. The van der Waals surface area contributed by atoms with E-state index in [1.165, 1.54) is 0 Å². The molecular formula is C17H21Cl2N3O. The van der Waals surface area contributed by atoms with Gasteiger partial charge in [0.1, 0.15) is 0 Å². The number of hydrogen-bond acceptors (Lipinski definition) is 3. The summed E-state index contributed by atoms with van der Waals surface area (Å²) in [6.45, 7) is 4.53. The van der Waals surface area contributed by atoms with Gasteiger partial charge in [-0.05, 0) is 43.7 Å². The number of carbonyl (C=O) groups excluding carboxylic acids is 1. The number of halogens is 2. The van der Waals surface area contributed by atoms with Gasteiger partial charge < -0.3 is 10.6 Å². The fraction of sp³-hybridized carbons (Fsp3) is 0.294. The van der Waals surface area contributed by atoms with E-state index >= 15 is 0 Å². The van der Waals surface area contributed by atoms with Crippen LogP contribution in [0.5, 0.6) is 0 Å². The van der Waals surface area contributed by atoms with E-state index in [0.717, 1.165) is 11.3 Å². The van der Waals surface area contributed by atoms with Crippen LogP contribution in [0.15, 0.2) is 42.6 Å². The minimum atomic E-state index is 0. The number of pyridine rings is 1. The normalized spacial score (nSPS) is 10.3. The Kier molecular flexibility index (Phi) is 7.33. The third-order valence-corrected chi connectivity index (χ3v) is 3.60. The molecule has 6 heteroatoms. The summed E-state index contributed by atoms with van der Waals surface area (Å²) >= 11 is 6.01. The van der Waals surface area contributed by atoms with Crippen LogP contribution in [0.4, 0.5) is 5.69 Å². The standard InChI is InChI=1S/C17H20ClN3O.ClH/c1-12(2)21(11-13-4-3-5-14(18)8-13)17(22)9-16-7-6-15(19)10-20-16;/h3-8,10,12H,9,11,19H2,1-2H3;1H. The van der Waals surface area contributed by atoms with Crippen LogP contribution in [0.25, 0.3) is 0 Å². The second kappa shape index (κ2) is 8.75. The minimum Gasteiger partial charge on any atom is -0.397 e. The summed E-state index contributed by atoms with van der Waals surface area (Å²) in [4.78, 5) is 18.6. The molecule has 1 aromatic heterocycles. The van der Waals surface area contributed by atoms with Gasteiger partial charge in [0.05, 0.1) is 18.3 Å². The molecule has 0 fully saturated rings. The molecule has 0 aliphatic carbocycles. The van der Waals surface area contributed by atoms with Gasteiger partial charge in [0.2, 0.25) is 5.91 Å². The van der Waals surface area contributed by atoms with Gasteiger partial charge in [-0.25, -0.2) is 0 Å². The van der Waals surface area contributed by atoms with Crippen LogP contribution >= 0.6 is 24.0 Å². The molecule has 0 atom stereocenters. The number of rotatable bonds is 5. The van der Waals surface area contributed by atoms with Gasteiger partial charge in [0.15, 0.2) is 0 Å². The summed E-state index contributed by atoms with van der Waals surface area (Å²) < 4.78 is 0. The lowest BCUT2D eigenvalue weighted by Gasteiger charge is -2.27. The number of nitrogens with two attached hydrogens (primary N) is 1. The predicted molar refractivity (Wildman–Crippen MR) is 96.7 cm³/mol. The van der Waals surface area contributed by atoms with Crippen LogP contribution < -0.4 is 5.73 Å². The number of aromatic nitrogens is 1. The van der Waals surface area contributed by atoms with Crippen molar-refractivity contribution < 1.29 is 4.79 Å². The van der Waals surface area contributed by atoms with Crippen molar-refractivity contribution >= 4 is 35.6 Å². The van der Waals surface area contributed by atoms with Crippen molar-refractivity contribution in [3.63, 3.8) is 0 Å². The molecule has 23 heavy (non-hydrogen) atoms. The smallest absolute Gasteiger partial charge is 0.229 e. The Morgan fingerprint density at radius 2 is 2.04 bits per heavy atom. The quantitative estimate of drug-likeness (QED) is 0.890. The summed E-state index contributed by atoms with van der Waals surface area (Å²) in [7, 11) is 0. The van der Waals surface area contributed by atoms with E-state index in [0.29, 0.717) is 17.3 Å². The van der Waals surface area contributed by atoms with E-state index in [1.807, 2.05) is 43.0 Å². The molecular weight excluding hydrogens is 333 g/mol. The van der Waals surface area contributed by atoms with Crippen LogP contribution in [-0.2, 0) is 17.8 Å². The molecule has 2 aromatic rings. The first-order valence-corrected chi connectivity index (χ1v) is 7.58. The maximum Gasteiger partial charge on any atom is 0.229 e. The van der Waals surface area contributed by atoms with Crippen molar-refractivity contribution in [2.45, 2.75) is 32.9 Å². The highest BCUT2D eigenvalue weighted by molar-refractivity contribution is 6.30. The Labute approximate surface area is 148 Å². The first kappa shape index (κ1) is 19.3. The van der Waals surface area contributed by atoms with Gasteiger partial charge in [0, 0.05) is 23.3 Å². The lowest BCUT2D eigenvalue weighted by atomic mass is 10.1. The molecule has 0 saturated carbocycles. The van der Waals surface area contributed by atoms with Gasteiger partial charge in [-0.15, -0.1) is 12.4 Å². The number of nitrogen functional groups attached to an aromatic ring is 1. The minimum absolute atomic E-state index is 0. The summed E-state index contributed by atoms with van der Waals surface area (Å²) in [5, 5.41) is 0.675. The lowest BCUT2D eigenvalue weighted by molar-refractivity contribution is -0.132. The molecule has 1 amide bonds. The van der Waals surface area contributed by atoms with Gasteiger partial charge in [-0.1, -0.05) is 23.7 Å². The molecule has 0 saturated heterocycles. The van der Waals surface area contributed by atoms with Gasteiger partial charge in [-0.3, -0.25) is 9.78 Å². The first-order valence-electron chi connectivity index (χ1n) is 7.20. The van der Waals surface area contributed by atoms with Crippen molar-refractivity contribution in [2.24, 2.45) is 0 Å². The predicted octanol–water partition coefficient (Wildman–Crippen LogP) is 3.72. The van der Waals surface area contributed by atoms with Gasteiger partial charge in [-0.2, -0.15) is 0 Å². The van der Waals surface area contributed by atoms with E-state index in [-0.39, 0.29) is 30.8 Å². The molecule has 2 N–H and O–H groups in total. The topological polar surface area (TPSA) is 59.2 Å². The van der Waals surface area contributed by atoms with E-state index in [2.05, 4.69) is 4.98 Å². The number of amides is 1. The molecule has 1 aromatic carbocycles. The maximum absolute atomic E-state index is 12.6. The summed E-state index contributed by atoms with van der Waals surface area (Å²) in [6, 6.07) is 11.2. The Morgan fingerprint density at radius 3 is 2.61 bits per heavy atom. The summed E-state index contributed by atoms with van der Waals surface area (Å²) in [5.41, 5.74) is 7.94. The Bertz CT molecular complexity index is 645. The average Bonchev–Trinajstić information content (AvgIpc) is 2.47. The highest BCUT2D eigenvalue weighted by Gasteiger charge is 2.18. The summed E-state index contributed by atoms with van der Waals surface area (Å²) in [6.07, 6.45) is 1.83. The molecule has 0 bridgehead atoms. The molecule has 0 radical (unpaired) electrons. The zero-order valence-electron chi connectivity index (χ0n) is 13.2. The Morgan fingerprint density at radius 1 is 1.30 bits per heavy atom. The molecule has 0 unspecified atom stereocenters. The fourth-order valence-electron chi connectivity index (χ4n) is 2.19. The fourth-order valence-corrected chi connectivity index (χ4v) is 2.40. The number of nitrogens with zero attached hydrogens (tertiary/aromatic N) is 2. The van der Waals surface area contributed by atoms with Crippen molar-refractivity contribution in [3.05, 3.63) is 58.9 Å². The van der Waals surface area contributed by atoms with E-state index in [9.17, 15) is 4.79 Å². The third-order valence-electron chi connectivity index (χ3n) is 3.37. The lowest BCUT2D eigenvalue weighted by Crippen LogP contribution is -2.37. The zero-order chi connectivity index (χ0) is 16.1. The Balaban J connectivity index is 0.00000264. The van der Waals surface area contributed by atoms with Crippen molar-refractivity contribution in [1.82, 2.24) is 9.88 Å². The highest BCUT2D eigenvalue weighted by atomic mass is 35.5. The number of anilines is 1. The molecule has 0 spiro atoms. The second-order valence-corrected chi connectivity index (χ2v) is 5.94. The maximum atomic E-state index is 12.6. The molecule has 2 rings (SSSR count). The molecule has 4 nitrogen and oxygen atoms in total. The van der Waals surface area contributed by atoms with Gasteiger partial charge >= 0.3 is 0 Å². The zero-order valence-corrected chi connectivity index (χ0v) is 14.8. The van der Waals surface area contributed by atoms with Crippen LogP contribution in [0, 0.1) is 0 Å². The van der Waals surface area contributed by atoms with Crippen molar-refractivity contribution in [1.29, 1.82) is 0 Å². The number of carbonyl (C=O) groups is 1. The SMILES string of the molecule is CC(C)N(Cc1cccc(Cl)c1)C(=O)Cc1ccc(N)cn1.Cl. The molecule has 0 aliphatic rings. The van der Waals surface area contributed by atoms with Gasteiger partial charge in [0.25, 0.3) is 0 Å². The highest BCUT2D eigenvalue weighted by Crippen LogP contribution is 2.15. The van der Waals surface area contributed by atoms with Crippen molar-refractivity contribution in [3.8, 4) is 0 Å². The third kappa shape index (κ3) is 5.73. The molecule has 124 valence electrons. The Hall–Kier alpha value is -1.78. The van der Waals surface area contributed by atoms with Crippen molar-refractivity contribution in [2.75, 3.05) is 5.73 Å². The van der Waals surface area contributed by atoms with Crippen LogP contribution in [0.2, 0.25) is 5.02 Å².